The summed E-state index contributed by atoms with van der Waals surface area (Å²) in [5.74, 6) is -0.136. The number of nitrogens with one attached hydrogen (secondary N) is 1. The van der Waals surface area contributed by atoms with Gasteiger partial charge in [0.2, 0.25) is 0 Å². The number of halogens is 1. The Labute approximate surface area is 114 Å². The first-order valence-corrected chi connectivity index (χ1v) is 6.62. The maximum atomic E-state index is 13.5. The first-order valence-electron chi connectivity index (χ1n) is 6.62. The third-order valence-electron chi connectivity index (χ3n) is 3.50. The van der Waals surface area contributed by atoms with E-state index in [2.05, 4.69) is 31.3 Å². The monoisotopic (exact) mass is 257 g/mol. The average molecular weight is 257 g/mol. The molecule has 1 nitrogen and oxygen atoms in total. The third-order valence-corrected chi connectivity index (χ3v) is 3.50. The van der Waals surface area contributed by atoms with E-state index in [0.29, 0.717) is 12.1 Å². The van der Waals surface area contributed by atoms with Crippen molar-refractivity contribution in [3.8, 4) is 0 Å². The van der Waals surface area contributed by atoms with Crippen molar-refractivity contribution in [1.82, 2.24) is 5.32 Å². The molecule has 1 N–H and O–H groups in total. The molecule has 0 aliphatic heterocycles. The highest BCUT2D eigenvalue weighted by Gasteiger charge is 2.07. The van der Waals surface area contributed by atoms with Crippen molar-refractivity contribution in [2.75, 3.05) is 0 Å². The summed E-state index contributed by atoms with van der Waals surface area (Å²) in [4.78, 5) is 0. The number of benzene rings is 2. The molecule has 1 atom stereocenters. The van der Waals surface area contributed by atoms with Crippen LogP contribution in [-0.2, 0) is 6.54 Å². The minimum atomic E-state index is -0.136. The molecule has 0 spiro atoms. The van der Waals surface area contributed by atoms with Gasteiger partial charge in [0, 0.05) is 12.6 Å². The van der Waals surface area contributed by atoms with Crippen LogP contribution in [0.4, 0.5) is 4.39 Å². The van der Waals surface area contributed by atoms with Gasteiger partial charge in [0.05, 0.1) is 0 Å². The lowest BCUT2D eigenvalue weighted by atomic mass is 10.0. The predicted molar refractivity (Wildman–Crippen MR) is 77.6 cm³/mol. The average Bonchev–Trinajstić information content (AvgIpc) is 2.40. The van der Waals surface area contributed by atoms with Crippen molar-refractivity contribution in [3.05, 3.63) is 70.5 Å². The second-order valence-electron chi connectivity index (χ2n) is 5.04. The molecule has 2 aromatic rings. The molecule has 0 radical (unpaired) electrons. The summed E-state index contributed by atoms with van der Waals surface area (Å²) >= 11 is 0. The van der Waals surface area contributed by atoms with Crippen LogP contribution in [0.3, 0.4) is 0 Å². The molecule has 0 aromatic heterocycles. The second kappa shape index (κ2) is 5.98. The zero-order valence-corrected chi connectivity index (χ0v) is 11.7. The molecule has 0 heterocycles. The molecule has 0 fully saturated rings. The Morgan fingerprint density at radius 2 is 1.79 bits per heavy atom. The van der Waals surface area contributed by atoms with E-state index < -0.39 is 0 Å². The van der Waals surface area contributed by atoms with Crippen molar-refractivity contribution >= 4 is 0 Å². The van der Waals surface area contributed by atoms with Gasteiger partial charge in [-0.15, -0.1) is 0 Å². The zero-order chi connectivity index (χ0) is 13.8. The number of hydrogen-bond acceptors (Lipinski definition) is 1. The Bertz CT molecular complexity index is 563. The van der Waals surface area contributed by atoms with Crippen LogP contribution in [0.5, 0.6) is 0 Å². The van der Waals surface area contributed by atoms with Crippen LogP contribution in [-0.4, -0.2) is 0 Å². The van der Waals surface area contributed by atoms with Crippen LogP contribution < -0.4 is 5.32 Å². The van der Waals surface area contributed by atoms with E-state index in [1.807, 2.05) is 24.3 Å². The Morgan fingerprint density at radius 3 is 2.47 bits per heavy atom. The van der Waals surface area contributed by atoms with E-state index in [0.717, 1.165) is 5.56 Å². The highest BCUT2D eigenvalue weighted by Crippen LogP contribution is 2.17. The van der Waals surface area contributed by atoms with Gasteiger partial charge >= 0.3 is 0 Å². The van der Waals surface area contributed by atoms with Crippen molar-refractivity contribution < 1.29 is 4.39 Å². The maximum Gasteiger partial charge on any atom is 0.126 e. The fourth-order valence-corrected chi connectivity index (χ4v) is 2.20. The van der Waals surface area contributed by atoms with Crippen molar-refractivity contribution in [2.24, 2.45) is 0 Å². The molecule has 2 aromatic carbocycles. The van der Waals surface area contributed by atoms with Crippen LogP contribution in [0.2, 0.25) is 0 Å². The van der Waals surface area contributed by atoms with Gasteiger partial charge in [0.15, 0.2) is 0 Å². The van der Waals surface area contributed by atoms with Gasteiger partial charge in [0.1, 0.15) is 5.82 Å². The summed E-state index contributed by atoms with van der Waals surface area (Å²) in [5.41, 5.74) is 4.23. The van der Waals surface area contributed by atoms with Crippen LogP contribution in [0.1, 0.15) is 35.2 Å². The summed E-state index contributed by atoms with van der Waals surface area (Å²) in [6.45, 7) is 6.70. The molecule has 0 unspecified atom stereocenters. The van der Waals surface area contributed by atoms with E-state index in [-0.39, 0.29) is 11.9 Å². The lowest BCUT2D eigenvalue weighted by Crippen LogP contribution is -2.19. The maximum absolute atomic E-state index is 13.5. The Morgan fingerprint density at radius 1 is 1.05 bits per heavy atom. The summed E-state index contributed by atoms with van der Waals surface area (Å²) in [6.07, 6.45) is 0. The van der Waals surface area contributed by atoms with Crippen LogP contribution in [0.15, 0.2) is 42.5 Å². The summed E-state index contributed by atoms with van der Waals surface area (Å²) in [5, 5.41) is 3.44. The lowest BCUT2D eigenvalue weighted by Gasteiger charge is -2.16. The van der Waals surface area contributed by atoms with E-state index in [9.17, 15) is 4.39 Å². The molecule has 0 aliphatic carbocycles. The molecule has 0 aliphatic rings. The molecule has 0 amide bonds. The highest BCUT2D eigenvalue weighted by atomic mass is 19.1. The summed E-state index contributed by atoms with van der Waals surface area (Å²) in [7, 11) is 0. The lowest BCUT2D eigenvalue weighted by molar-refractivity contribution is 0.566. The van der Waals surface area contributed by atoms with Crippen molar-refractivity contribution in [2.45, 2.75) is 33.4 Å². The fourth-order valence-electron chi connectivity index (χ4n) is 2.20. The molecule has 0 saturated carbocycles. The topological polar surface area (TPSA) is 12.0 Å². The second-order valence-corrected chi connectivity index (χ2v) is 5.04. The minimum Gasteiger partial charge on any atom is -0.306 e. The molecule has 2 heteroatoms. The summed E-state index contributed by atoms with van der Waals surface area (Å²) in [6, 6.07) is 14.0. The van der Waals surface area contributed by atoms with Gasteiger partial charge in [-0.1, -0.05) is 36.4 Å². The summed E-state index contributed by atoms with van der Waals surface area (Å²) < 4.78 is 13.5. The predicted octanol–water partition coefficient (Wildman–Crippen LogP) is 4.29. The standard InChI is InChI=1S/C17H20FN/c1-12-6-4-5-7-16(12)14(3)19-11-15-9-8-13(2)17(18)10-15/h4-10,14,19H,11H2,1-3H3/t14-/m0/s1. The largest absolute Gasteiger partial charge is 0.306 e. The molecule has 0 saturated heterocycles. The van der Waals surface area contributed by atoms with Gasteiger partial charge in [-0.3, -0.25) is 0 Å². The smallest absolute Gasteiger partial charge is 0.126 e. The number of hydrogen-bond donors (Lipinski definition) is 1. The van der Waals surface area contributed by atoms with Gasteiger partial charge in [-0.25, -0.2) is 4.39 Å². The minimum absolute atomic E-state index is 0.136. The molecule has 0 bridgehead atoms. The van der Waals surface area contributed by atoms with E-state index >= 15 is 0 Å². The molecule has 19 heavy (non-hydrogen) atoms. The van der Waals surface area contributed by atoms with E-state index in [4.69, 9.17) is 0 Å². The molecule has 100 valence electrons. The quantitative estimate of drug-likeness (QED) is 0.861. The van der Waals surface area contributed by atoms with Crippen molar-refractivity contribution in [1.29, 1.82) is 0 Å². The SMILES string of the molecule is Cc1ccc(CN[C@@H](C)c2ccccc2C)cc1F. The van der Waals surface area contributed by atoms with E-state index in [1.54, 1.807) is 13.0 Å². The Hall–Kier alpha value is -1.67. The first kappa shape index (κ1) is 13.8. The van der Waals surface area contributed by atoms with Crippen LogP contribution in [0, 0.1) is 19.7 Å². The van der Waals surface area contributed by atoms with Crippen LogP contribution >= 0.6 is 0 Å². The highest BCUT2D eigenvalue weighted by molar-refractivity contribution is 5.28. The molecular formula is C17H20FN. The molecule has 2 rings (SSSR count). The van der Waals surface area contributed by atoms with Gasteiger partial charge in [-0.05, 0) is 49.1 Å². The normalized spacial score (nSPS) is 12.4. The van der Waals surface area contributed by atoms with Crippen molar-refractivity contribution in [3.63, 3.8) is 0 Å². The zero-order valence-electron chi connectivity index (χ0n) is 11.7. The van der Waals surface area contributed by atoms with Gasteiger partial charge in [-0.2, -0.15) is 0 Å². The van der Waals surface area contributed by atoms with Gasteiger partial charge < -0.3 is 5.32 Å². The Kier molecular flexibility index (Phi) is 4.33. The Balaban J connectivity index is 2.02. The van der Waals surface area contributed by atoms with E-state index in [1.165, 1.54) is 11.1 Å². The van der Waals surface area contributed by atoms with Gasteiger partial charge in [0.25, 0.3) is 0 Å². The van der Waals surface area contributed by atoms with Crippen LogP contribution in [0.25, 0.3) is 0 Å². The fraction of sp³-hybridized carbons (Fsp3) is 0.294. The molecular weight excluding hydrogens is 237 g/mol. The number of aryl methyl sites for hydroxylation is 2. The number of rotatable bonds is 4. The first-order chi connectivity index (χ1) is 9.08. The third kappa shape index (κ3) is 3.42.